The van der Waals surface area contributed by atoms with E-state index in [9.17, 15) is 25.9 Å². The largest absolute Gasteiger partial charge is 1.00 e. The molecule has 4 aromatic rings. The Balaban J connectivity index is 0.00000442. The first kappa shape index (κ1) is 35.0. The van der Waals surface area contributed by atoms with Gasteiger partial charge in [-0.15, -0.1) is 0 Å². The minimum Gasteiger partial charge on any atom is -0.748 e. The van der Waals surface area contributed by atoms with Crippen LogP contribution in [0, 0.1) is 0 Å². The summed E-state index contributed by atoms with van der Waals surface area (Å²) < 4.78 is 75.7. The van der Waals surface area contributed by atoms with Gasteiger partial charge in [-0.3, -0.25) is 0 Å². The van der Waals surface area contributed by atoms with Gasteiger partial charge in [0.1, 0.15) is 0 Å². The van der Waals surface area contributed by atoms with Gasteiger partial charge in [0.05, 0.1) is 42.4 Å². The molecule has 0 aliphatic carbocycles. The van der Waals surface area contributed by atoms with Crippen LogP contribution < -0.4 is 39.0 Å². The second kappa shape index (κ2) is 14.7. The van der Waals surface area contributed by atoms with Crippen LogP contribution in [0.5, 0.6) is 0 Å². The summed E-state index contributed by atoms with van der Waals surface area (Å²) in [5.74, 6) is -0.307. The number of nitrogens with zero attached hydrogens (tertiary/aromatic N) is 2. The van der Waals surface area contributed by atoms with Crippen molar-refractivity contribution in [1.29, 1.82) is 0 Å². The second-order valence-corrected chi connectivity index (χ2v) is 14.8. The molecule has 0 bridgehead atoms. The fourth-order valence-electron chi connectivity index (χ4n) is 5.13. The van der Waals surface area contributed by atoms with Crippen molar-refractivity contribution in [2.45, 2.75) is 44.0 Å². The molecule has 0 spiro atoms. The number of thioether (sulfide) groups is 1. The Bertz CT molecular complexity index is 1960. The van der Waals surface area contributed by atoms with Crippen molar-refractivity contribution in [3.63, 3.8) is 0 Å². The summed E-state index contributed by atoms with van der Waals surface area (Å²) in [4.78, 5) is 2.94. The monoisotopic (exact) mass is 684 g/mol. The van der Waals surface area contributed by atoms with E-state index in [1.165, 1.54) is 11.8 Å². The van der Waals surface area contributed by atoms with E-state index >= 15 is 0 Å². The molecule has 0 atom stereocenters. The number of unbranched alkanes of at least 4 members (excludes halogenated alkanes) is 1. The molecule has 5 rings (SSSR count). The van der Waals surface area contributed by atoms with Crippen LogP contribution in [0.15, 0.2) is 80.6 Å². The number of fused-ring (bicyclic) bond motifs is 4. The molecular weight excluding hydrogens is 655 g/mol. The topological polar surface area (TPSA) is 135 Å². The van der Waals surface area contributed by atoms with Gasteiger partial charge in [-0.1, -0.05) is 54.6 Å². The van der Waals surface area contributed by atoms with Gasteiger partial charge in [0.15, 0.2) is 6.54 Å². The number of aromatic nitrogens is 1. The number of allylic oxidation sites excluding steroid dienone is 2. The molecule has 0 unspecified atom stereocenters. The van der Waals surface area contributed by atoms with E-state index in [1.54, 1.807) is 6.07 Å². The standard InChI is InChI=1S/C30H31ClN2O7S3.Na/c1-2-21(19-29-32(15-7-17-43(37,38)39)25-20-23(31)11-13-27(25)41-29)18-28-33(14-5-6-16-42(34,35)36)30-24-9-4-3-8-22(24)10-12-26(30)40-28;/h3-4,8-13,18-20H,2,5-7,14-17H2,1H3,(H-,34,35,36,37,38,39);/q;+1/p-1. The number of hydrogen-bond donors (Lipinski definition) is 0. The predicted molar refractivity (Wildman–Crippen MR) is 168 cm³/mol. The third kappa shape index (κ3) is 8.68. The molecule has 228 valence electrons. The summed E-state index contributed by atoms with van der Waals surface area (Å²) in [5, 5.41) is 3.44. The first-order valence-electron chi connectivity index (χ1n) is 13.8. The van der Waals surface area contributed by atoms with E-state index in [4.69, 9.17) is 16.0 Å². The van der Waals surface area contributed by atoms with Gasteiger partial charge >= 0.3 is 35.4 Å². The molecule has 3 aromatic carbocycles. The van der Waals surface area contributed by atoms with Gasteiger partial charge in [-0.25, -0.2) is 16.8 Å². The van der Waals surface area contributed by atoms with E-state index in [0.29, 0.717) is 42.4 Å². The van der Waals surface area contributed by atoms with Gasteiger partial charge in [0, 0.05) is 34.4 Å². The van der Waals surface area contributed by atoms with E-state index in [1.807, 2.05) is 77.1 Å². The van der Waals surface area contributed by atoms with Crippen molar-refractivity contribution in [1.82, 2.24) is 0 Å². The van der Waals surface area contributed by atoms with Crippen LogP contribution in [-0.4, -0.2) is 44.0 Å². The van der Waals surface area contributed by atoms with Crippen LogP contribution in [0.25, 0.3) is 27.9 Å². The maximum atomic E-state index is 11.3. The number of rotatable bonds is 12. The molecule has 0 amide bonds. The molecular formula is C30H30ClN2NaO7S3. The minimum absolute atomic E-state index is 0. The molecule has 1 aliphatic heterocycles. The average molecular weight is 685 g/mol. The Kier molecular flexibility index (Phi) is 11.7. The molecule has 0 N–H and O–H groups in total. The smallest absolute Gasteiger partial charge is 0.748 e. The molecule has 1 aromatic heterocycles. The van der Waals surface area contributed by atoms with Crippen LogP contribution in [0.2, 0.25) is 5.02 Å². The Morgan fingerprint density at radius 2 is 1.73 bits per heavy atom. The van der Waals surface area contributed by atoms with Crippen molar-refractivity contribution >= 4 is 77.2 Å². The zero-order valence-electron chi connectivity index (χ0n) is 24.4. The average Bonchev–Trinajstić information content (AvgIpc) is 3.46. The molecule has 0 radical (unpaired) electrons. The van der Waals surface area contributed by atoms with Gasteiger partial charge in [0.25, 0.3) is 5.52 Å². The first-order chi connectivity index (χ1) is 20.4. The Morgan fingerprint density at radius 1 is 1.00 bits per heavy atom. The zero-order chi connectivity index (χ0) is 30.8. The quantitative estimate of drug-likeness (QED) is 0.0955. The fourth-order valence-corrected chi connectivity index (χ4v) is 7.48. The minimum atomic E-state index is -4.34. The third-order valence-corrected chi connectivity index (χ3v) is 10.1. The van der Waals surface area contributed by atoms with Crippen LogP contribution in [0.3, 0.4) is 0 Å². The maximum absolute atomic E-state index is 11.3. The molecule has 0 saturated heterocycles. The van der Waals surface area contributed by atoms with Gasteiger partial charge in [0.2, 0.25) is 5.58 Å². The van der Waals surface area contributed by atoms with Crippen LogP contribution >= 0.6 is 23.4 Å². The fraction of sp³-hybridized carbons (Fsp3) is 0.300. The zero-order valence-corrected chi connectivity index (χ0v) is 29.6. The van der Waals surface area contributed by atoms with Crippen molar-refractivity contribution in [3.8, 4) is 0 Å². The Hall–Kier alpha value is -1.87. The van der Waals surface area contributed by atoms with Gasteiger partial charge in [-0.2, -0.15) is 4.57 Å². The van der Waals surface area contributed by atoms with Crippen LogP contribution in [0.4, 0.5) is 5.69 Å². The van der Waals surface area contributed by atoms with E-state index in [2.05, 4.69) is 0 Å². The number of hydrogen-bond acceptors (Lipinski definition) is 9. The summed E-state index contributed by atoms with van der Waals surface area (Å²) in [5.41, 5.74) is 3.35. The SMILES string of the molecule is CCC(=C/c1oc2ccc3ccccc3c2[n+]1CCCCS(=O)(=O)[O-])/C=C1/Sc2ccc(Cl)cc2N1CCCS(=O)(=O)[O-].[Na+]. The first-order valence-corrected chi connectivity index (χ1v) is 18.2. The van der Waals surface area contributed by atoms with Crippen molar-refractivity contribution in [2.24, 2.45) is 0 Å². The Morgan fingerprint density at radius 3 is 2.45 bits per heavy atom. The van der Waals surface area contributed by atoms with Gasteiger partial charge in [-0.05, 0) is 66.6 Å². The number of aryl methyl sites for hydroxylation is 1. The third-order valence-electron chi connectivity index (χ3n) is 7.13. The molecule has 0 saturated carbocycles. The van der Waals surface area contributed by atoms with E-state index < -0.39 is 31.7 Å². The van der Waals surface area contributed by atoms with Crippen molar-refractivity contribution < 1.29 is 64.5 Å². The molecule has 2 heterocycles. The number of anilines is 1. The van der Waals surface area contributed by atoms with E-state index in [-0.39, 0.29) is 42.4 Å². The summed E-state index contributed by atoms with van der Waals surface area (Å²) in [6.45, 7) is 2.79. The molecule has 0 fully saturated rings. The molecule has 14 heteroatoms. The van der Waals surface area contributed by atoms with Crippen LogP contribution in [-0.2, 0) is 26.8 Å². The number of benzene rings is 3. The maximum Gasteiger partial charge on any atom is 1.00 e. The van der Waals surface area contributed by atoms with Gasteiger partial charge < -0.3 is 18.4 Å². The Labute approximate surface area is 288 Å². The summed E-state index contributed by atoms with van der Waals surface area (Å²) in [7, 11) is -8.65. The normalized spacial score (nSPS) is 14.9. The van der Waals surface area contributed by atoms with Crippen LogP contribution in [0.1, 0.15) is 38.5 Å². The van der Waals surface area contributed by atoms with Crippen molar-refractivity contribution in [2.75, 3.05) is 23.0 Å². The number of halogens is 1. The van der Waals surface area contributed by atoms with Crippen molar-refractivity contribution in [3.05, 3.63) is 82.2 Å². The molecule has 1 aliphatic rings. The summed E-state index contributed by atoms with van der Waals surface area (Å²) >= 11 is 7.81. The summed E-state index contributed by atoms with van der Waals surface area (Å²) in [6.07, 6.45) is 5.48. The second-order valence-electron chi connectivity index (χ2n) is 10.2. The number of oxazole rings is 1. The summed E-state index contributed by atoms with van der Waals surface area (Å²) in [6, 6.07) is 17.4. The predicted octanol–water partition coefficient (Wildman–Crippen LogP) is 3.04. The molecule has 9 nitrogen and oxygen atoms in total. The molecule has 44 heavy (non-hydrogen) atoms. The van der Waals surface area contributed by atoms with E-state index in [0.717, 1.165) is 37.5 Å².